The summed E-state index contributed by atoms with van der Waals surface area (Å²) in [6.07, 6.45) is 14.1. The lowest BCUT2D eigenvalue weighted by Crippen LogP contribution is -2.33. The summed E-state index contributed by atoms with van der Waals surface area (Å²) in [5.41, 5.74) is 0. The lowest BCUT2D eigenvalue weighted by atomic mass is 10.1. The topological polar surface area (TPSA) is 12.0 Å². The predicted molar refractivity (Wildman–Crippen MR) is 89.2 cm³/mol. The van der Waals surface area contributed by atoms with E-state index in [1.54, 1.807) is 0 Å². The number of hydrogen-bond donors (Lipinski definition) is 1. The molecule has 1 N–H and O–H groups in total. The number of unbranched alkanes of at least 4 members (excludes halogenated alkanes) is 9. The molecule has 116 valence electrons. The molecule has 0 amide bonds. The van der Waals surface area contributed by atoms with E-state index in [1.165, 1.54) is 64.2 Å². The molecule has 1 nitrogen and oxygen atoms in total. The van der Waals surface area contributed by atoms with Crippen LogP contribution in [0.3, 0.4) is 0 Å². The molecule has 0 aromatic rings. The fraction of sp³-hybridized carbons (Fsp3) is 1.00. The van der Waals surface area contributed by atoms with Gasteiger partial charge in [-0.25, -0.2) is 0 Å². The van der Waals surface area contributed by atoms with E-state index in [9.17, 15) is 0 Å². The quantitative estimate of drug-likeness (QED) is 0.317. The fourth-order valence-corrected chi connectivity index (χ4v) is 2.54. The maximum Gasteiger partial charge on any atom is 0.0263 e. The molecule has 0 aromatic carbocycles. The minimum atomic E-state index is 0.552. The van der Waals surface area contributed by atoms with Crippen molar-refractivity contribution in [3.8, 4) is 0 Å². The van der Waals surface area contributed by atoms with Gasteiger partial charge in [-0.05, 0) is 25.8 Å². The SMILES string of the molecule is CCCCCCCCCCCCNC(C)C(C)CCl. The molecule has 0 fully saturated rings. The molecule has 0 radical (unpaired) electrons. The van der Waals surface area contributed by atoms with E-state index in [1.807, 2.05) is 0 Å². The molecule has 2 atom stereocenters. The van der Waals surface area contributed by atoms with Gasteiger partial charge in [0.1, 0.15) is 0 Å². The third-order valence-corrected chi connectivity index (χ3v) is 4.58. The average molecular weight is 290 g/mol. The van der Waals surface area contributed by atoms with Crippen molar-refractivity contribution in [2.24, 2.45) is 5.92 Å². The average Bonchev–Trinajstić information content (AvgIpc) is 2.43. The van der Waals surface area contributed by atoms with Crippen molar-refractivity contribution in [1.82, 2.24) is 5.32 Å². The molecule has 0 bridgehead atoms. The van der Waals surface area contributed by atoms with Crippen LogP contribution in [-0.4, -0.2) is 18.5 Å². The normalized spacial score (nSPS) is 14.5. The minimum absolute atomic E-state index is 0.552. The third kappa shape index (κ3) is 13.0. The van der Waals surface area contributed by atoms with Crippen molar-refractivity contribution in [3.63, 3.8) is 0 Å². The Bertz CT molecular complexity index is 173. The van der Waals surface area contributed by atoms with Gasteiger partial charge < -0.3 is 5.32 Å². The van der Waals surface area contributed by atoms with Crippen LogP contribution in [0.5, 0.6) is 0 Å². The molecular formula is C17H36ClN. The van der Waals surface area contributed by atoms with Crippen LogP contribution in [0.15, 0.2) is 0 Å². The smallest absolute Gasteiger partial charge is 0.0263 e. The summed E-state index contributed by atoms with van der Waals surface area (Å²) in [5, 5.41) is 3.57. The summed E-state index contributed by atoms with van der Waals surface area (Å²) in [6, 6.07) is 0.552. The zero-order valence-electron chi connectivity index (χ0n) is 13.5. The van der Waals surface area contributed by atoms with Gasteiger partial charge in [-0.1, -0.05) is 71.6 Å². The molecule has 2 unspecified atom stereocenters. The Morgan fingerprint density at radius 1 is 0.789 bits per heavy atom. The van der Waals surface area contributed by atoms with E-state index >= 15 is 0 Å². The van der Waals surface area contributed by atoms with E-state index in [-0.39, 0.29) is 0 Å². The molecule has 0 aliphatic carbocycles. The van der Waals surface area contributed by atoms with Crippen molar-refractivity contribution in [2.45, 2.75) is 91.0 Å². The number of halogens is 1. The van der Waals surface area contributed by atoms with Gasteiger partial charge in [-0.15, -0.1) is 11.6 Å². The van der Waals surface area contributed by atoms with Gasteiger partial charge in [0.05, 0.1) is 0 Å². The van der Waals surface area contributed by atoms with Crippen LogP contribution < -0.4 is 5.32 Å². The van der Waals surface area contributed by atoms with Crippen molar-refractivity contribution in [1.29, 1.82) is 0 Å². The first-order valence-corrected chi connectivity index (χ1v) is 9.05. The van der Waals surface area contributed by atoms with Crippen LogP contribution in [-0.2, 0) is 0 Å². The van der Waals surface area contributed by atoms with E-state index in [0.717, 1.165) is 12.4 Å². The van der Waals surface area contributed by atoms with Crippen LogP contribution in [0.2, 0.25) is 0 Å². The molecule has 0 rings (SSSR count). The lowest BCUT2D eigenvalue weighted by Gasteiger charge is -2.18. The van der Waals surface area contributed by atoms with Crippen LogP contribution >= 0.6 is 11.6 Å². The molecule has 0 heterocycles. The Labute approximate surface area is 126 Å². The van der Waals surface area contributed by atoms with Crippen LogP contribution in [0.25, 0.3) is 0 Å². The van der Waals surface area contributed by atoms with E-state index in [2.05, 4.69) is 26.1 Å². The number of hydrogen-bond acceptors (Lipinski definition) is 1. The van der Waals surface area contributed by atoms with E-state index in [0.29, 0.717) is 12.0 Å². The van der Waals surface area contributed by atoms with Crippen molar-refractivity contribution in [2.75, 3.05) is 12.4 Å². The highest BCUT2D eigenvalue weighted by Crippen LogP contribution is 2.10. The summed E-state index contributed by atoms with van der Waals surface area (Å²) >= 11 is 5.85. The number of alkyl halides is 1. The fourth-order valence-electron chi connectivity index (χ4n) is 2.28. The molecule has 0 spiro atoms. The first kappa shape index (κ1) is 19.2. The molecule has 0 aliphatic rings. The summed E-state index contributed by atoms with van der Waals surface area (Å²) in [4.78, 5) is 0. The van der Waals surface area contributed by atoms with E-state index in [4.69, 9.17) is 11.6 Å². The maximum atomic E-state index is 5.85. The largest absolute Gasteiger partial charge is 0.314 e. The molecule has 0 aliphatic heterocycles. The predicted octanol–water partition coefficient (Wildman–Crippen LogP) is 5.76. The number of nitrogens with one attached hydrogen (secondary N) is 1. The van der Waals surface area contributed by atoms with Gasteiger partial charge in [0, 0.05) is 11.9 Å². The monoisotopic (exact) mass is 289 g/mol. The van der Waals surface area contributed by atoms with Gasteiger partial charge >= 0.3 is 0 Å². The summed E-state index contributed by atoms with van der Waals surface area (Å²) < 4.78 is 0. The highest BCUT2D eigenvalue weighted by molar-refractivity contribution is 6.18. The van der Waals surface area contributed by atoms with E-state index < -0.39 is 0 Å². The first-order valence-electron chi connectivity index (χ1n) is 8.51. The summed E-state index contributed by atoms with van der Waals surface area (Å²) in [6.45, 7) is 7.88. The molecule has 19 heavy (non-hydrogen) atoms. The Hall–Kier alpha value is 0.250. The van der Waals surface area contributed by atoms with Gasteiger partial charge in [0.25, 0.3) is 0 Å². The third-order valence-electron chi connectivity index (χ3n) is 4.09. The minimum Gasteiger partial charge on any atom is -0.314 e. The van der Waals surface area contributed by atoms with Crippen LogP contribution in [0, 0.1) is 5.92 Å². The summed E-state index contributed by atoms with van der Waals surface area (Å²) in [5.74, 6) is 1.33. The standard InChI is InChI=1S/C17H36ClN/c1-4-5-6-7-8-9-10-11-12-13-14-19-17(3)16(2)15-18/h16-17,19H,4-15H2,1-3H3. The lowest BCUT2D eigenvalue weighted by molar-refractivity contribution is 0.422. The zero-order chi connectivity index (χ0) is 14.3. The molecular weight excluding hydrogens is 254 g/mol. The van der Waals surface area contributed by atoms with Crippen molar-refractivity contribution in [3.05, 3.63) is 0 Å². The van der Waals surface area contributed by atoms with Gasteiger partial charge in [0.2, 0.25) is 0 Å². The Balaban J connectivity index is 3.10. The van der Waals surface area contributed by atoms with Crippen molar-refractivity contribution >= 4 is 11.6 Å². The Morgan fingerprint density at radius 3 is 1.74 bits per heavy atom. The maximum absolute atomic E-state index is 5.85. The second kappa shape index (κ2) is 14.7. The van der Waals surface area contributed by atoms with Gasteiger partial charge in [-0.2, -0.15) is 0 Å². The molecule has 2 heteroatoms. The second-order valence-corrected chi connectivity index (χ2v) is 6.36. The zero-order valence-corrected chi connectivity index (χ0v) is 14.3. The Kier molecular flexibility index (Phi) is 14.8. The van der Waals surface area contributed by atoms with Crippen molar-refractivity contribution < 1.29 is 0 Å². The number of rotatable bonds is 14. The molecule has 0 aromatic heterocycles. The van der Waals surface area contributed by atoms with Crippen LogP contribution in [0.1, 0.15) is 85.0 Å². The molecule has 0 saturated heterocycles. The second-order valence-electron chi connectivity index (χ2n) is 6.06. The highest BCUT2D eigenvalue weighted by atomic mass is 35.5. The molecule has 0 saturated carbocycles. The highest BCUT2D eigenvalue weighted by Gasteiger charge is 2.08. The van der Waals surface area contributed by atoms with Gasteiger partial charge in [0.15, 0.2) is 0 Å². The first-order chi connectivity index (χ1) is 9.22. The van der Waals surface area contributed by atoms with Crippen LogP contribution in [0.4, 0.5) is 0 Å². The Morgan fingerprint density at radius 2 is 1.26 bits per heavy atom. The summed E-state index contributed by atoms with van der Waals surface area (Å²) in [7, 11) is 0. The van der Waals surface area contributed by atoms with Gasteiger partial charge in [-0.3, -0.25) is 0 Å².